The van der Waals surface area contributed by atoms with E-state index in [1.54, 1.807) is 60.7 Å². The van der Waals surface area contributed by atoms with Gasteiger partial charge in [0.05, 0.1) is 12.8 Å². The smallest absolute Gasteiger partial charge is 0.291 e. The monoisotopic (exact) mass is 482 g/mol. The molecular weight excluding hydrogens is 456 g/mol. The third kappa shape index (κ3) is 7.33. The summed E-state index contributed by atoms with van der Waals surface area (Å²) < 4.78 is 5.09. The normalized spacial score (nSPS) is 10.3. The summed E-state index contributed by atoms with van der Waals surface area (Å²) in [5, 5.41) is 11.5. The van der Waals surface area contributed by atoms with Gasteiger partial charge < -0.3 is 25.7 Å². The Balaban J connectivity index is 1.25. The number of anilines is 4. The summed E-state index contributed by atoms with van der Waals surface area (Å²) in [5.74, 6) is -0.500. The number of rotatable bonds is 10. The minimum absolute atomic E-state index is 0.0171. The predicted octanol–water partition coefficient (Wildman–Crippen LogP) is 5.15. The highest BCUT2D eigenvalue weighted by Gasteiger charge is 2.10. The van der Waals surface area contributed by atoms with Crippen LogP contribution in [0.25, 0.3) is 0 Å². The van der Waals surface area contributed by atoms with E-state index in [1.165, 1.54) is 6.26 Å². The number of nitrogens with one attached hydrogen (secondary N) is 4. The molecule has 0 aliphatic rings. The van der Waals surface area contributed by atoms with Gasteiger partial charge in [-0.25, -0.2) is 0 Å². The second kappa shape index (κ2) is 12.0. The van der Waals surface area contributed by atoms with Gasteiger partial charge in [-0.05, 0) is 60.5 Å². The van der Waals surface area contributed by atoms with Gasteiger partial charge in [0.1, 0.15) is 0 Å². The van der Waals surface area contributed by atoms with Crippen LogP contribution in [0.5, 0.6) is 0 Å². The third-order valence-corrected chi connectivity index (χ3v) is 5.23. The van der Waals surface area contributed by atoms with E-state index >= 15 is 0 Å². The molecule has 36 heavy (non-hydrogen) atoms. The van der Waals surface area contributed by atoms with Crippen LogP contribution in [0.1, 0.15) is 22.5 Å². The molecular formula is C28H26N4O4. The van der Waals surface area contributed by atoms with Gasteiger partial charge in [0.25, 0.3) is 5.91 Å². The van der Waals surface area contributed by atoms with E-state index in [-0.39, 0.29) is 30.0 Å². The van der Waals surface area contributed by atoms with Crippen molar-refractivity contribution >= 4 is 40.5 Å². The molecule has 0 aliphatic heterocycles. The van der Waals surface area contributed by atoms with Gasteiger partial charge in [-0.1, -0.05) is 42.5 Å². The van der Waals surface area contributed by atoms with Gasteiger partial charge in [-0.15, -0.1) is 0 Å². The van der Waals surface area contributed by atoms with Crippen molar-refractivity contribution in [2.75, 3.05) is 27.8 Å². The highest BCUT2D eigenvalue weighted by molar-refractivity contribution is 6.02. The molecule has 4 N–H and O–H groups in total. The SMILES string of the molecule is O=C(CCc1ccccc1)Nc1cccc(NC(=O)CNc2cccc(NC(=O)c3ccco3)c2)c1. The second-order valence-corrected chi connectivity index (χ2v) is 8.03. The number of hydrogen-bond donors (Lipinski definition) is 4. The minimum atomic E-state index is -0.359. The van der Waals surface area contributed by atoms with Gasteiger partial charge in [0.2, 0.25) is 11.8 Å². The van der Waals surface area contributed by atoms with E-state index < -0.39 is 0 Å². The highest BCUT2D eigenvalue weighted by Crippen LogP contribution is 2.18. The van der Waals surface area contributed by atoms with Crippen LogP contribution in [0, 0.1) is 0 Å². The molecule has 182 valence electrons. The molecule has 0 saturated heterocycles. The van der Waals surface area contributed by atoms with Crippen molar-refractivity contribution in [2.45, 2.75) is 12.8 Å². The molecule has 0 spiro atoms. The summed E-state index contributed by atoms with van der Waals surface area (Å²) >= 11 is 0. The van der Waals surface area contributed by atoms with E-state index in [0.717, 1.165) is 5.56 Å². The van der Waals surface area contributed by atoms with Crippen molar-refractivity contribution in [2.24, 2.45) is 0 Å². The molecule has 0 bridgehead atoms. The molecule has 0 unspecified atom stereocenters. The maximum atomic E-state index is 12.5. The summed E-state index contributed by atoms with van der Waals surface area (Å²) in [4.78, 5) is 36.9. The fraction of sp³-hybridized carbons (Fsp3) is 0.107. The van der Waals surface area contributed by atoms with Gasteiger partial charge in [-0.3, -0.25) is 14.4 Å². The Morgan fingerprint density at radius 1 is 0.639 bits per heavy atom. The third-order valence-electron chi connectivity index (χ3n) is 5.23. The maximum Gasteiger partial charge on any atom is 0.291 e. The molecule has 8 heteroatoms. The van der Waals surface area contributed by atoms with Crippen molar-refractivity contribution in [3.05, 3.63) is 109 Å². The van der Waals surface area contributed by atoms with Crippen LogP contribution in [0.4, 0.5) is 22.7 Å². The summed E-state index contributed by atoms with van der Waals surface area (Å²) in [5.41, 5.74) is 3.52. The second-order valence-electron chi connectivity index (χ2n) is 8.03. The Bertz CT molecular complexity index is 1320. The molecule has 8 nitrogen and oxygen atoms in total. The number of aryl methyl sites for hydroxylation is 1. The van der Waals surface area contributed by atoms with Crippen LogP contribution in [0.15, 0.2) is 102 Å². The quantitative estimate of drug-likeness (QED) is 0.250. The van der Waals surface area contributed by atoms with Crippen molar-refractivity contribution in [3.8, 4) is 0 Å². The lowest BCUT2D eigenvalue weighted by Gasteiger charge is -2.11. The molecule has 0 saturated carbocycles. The van der Waals surface area contributed by atoms with Gasteiger partial charge >= 0.3 is 0 Å². The minimum Gasteiger partial charge on any atom is -0.459 e. The first-order chi connectivity index (χ1) is 17.5. The van der Waals surface area contributed by atoms with Crippen molar-refractivity contribution in [3.63, 3.8) is 0 Å². The van der Waals surface area contributed by atoms with E-state index in [1.807, 2.05) is 30.3 Å². The van der Waals surface area contributed by atoms with E-state index in [9.17, 15) is 14.4 Å². The highest BCUT2D eigenvalue weighted by atomic mass is 16.3. The Kier molecular flexibility index (Phi) is 8.11. The summed E-state index contributed by atoms with van der Waals surface area (Å²) in [6.45, 7) is 0.0171. The van der Waals surface area contributed by atoms with Crippen molar-refractivity contribution in [1.29, 1.82) is 0 Å². The van der Waals surface area contributed by atoms with Crippen LogP contribution in [-0.4, -0.2) is 24.3 Å². The van der Waals surface area contributed by atoms with Crippen LogP contribution in [-0.2, 0) is 16.0 Å². The number of amides is 3. The van der Waals surface area contributed by atoms with Gasteiger partial charge in [-0.2, -0.15) is 0 Å². The molecule has 0 radical (unpaired) electrons. The number of benzene rings is 3. The lowest BCUT2D eigenvalue weighted by Crippen LogP contribution is -2.22. The zero-order chi connectivity index (χ0) is 25.2. The van der Waals surface area contributed by atoms with Crippen LogP contribution in [0.2, 0.25) is 0 Å². The molecule has 0 fully saturated rings. The largest absolute Gasteiger partial charge is 0.459 e. The standard InChI is InChI=1S/C28H26N4O4/c33-26(15-14-20-7-2-1-3-8-20)30-22-10-5-11-23(18-22)31-27(34)19-29-21-9-4-12-24(17-21)32-28(35)25-13-6-16-36-25/h1-13,16-18,29H,14-15,19H2,(H,30,33)(H,31,34)(H,32,35). The number of carbonyl (C=O) groups excluding carboxylic acids is 3. The van der Waals surface area contributed by atoms with Crippen LogP contribution >= 0.6 is 0 Å². The van der Waals surface area contributed by atoms with E-state index in [2.05, 4.69) is 21.3 Å². The fourth-order valence-electron chi connectivity index (χ4n) is 3.50. The summed E-state index contributed by atoms with van der Waals surface area (Å²) in [6, 6.07) is 27.1. The van der Waals surface area contributed by atoms with E-state index in [0.29, 0.717) is 35.6 Å². The van der Waals surface area contributed by atoms with Crippen LogP contribution < -0.4 is 21.3 Å². The lowest BCUT2D eigenvalue weighted by atomic mass is 10.1. The maximum absolute atomic E-state index is 12.5. The first-order valence-electron chi connectivity index (χ1n) is 11.5. The Labute approximate surface area is 208 Å². The Hall–Kier alpha value is -4.85. The molecule has 3 aromatic carbocycles. The first kappa shape index (κ1) is 24.3. The Morgan fingerprint density at radius 2 is 1.28 bits per heavy atom. The zero-order valence-corrected chi connectivity index (χ0v) is 19.5. The number of hydrogen-bond acceptors (Lipinski definition) is 5. The van der Waals surface area contributed by atoms with Gasteiger partial charge in [0, 0.05) is 29.2 Å². The molecule has 4 aromatic rings. The van der Waals surface area contributed by atoms with Crippen molar-refractivity contribution in [1.82, 2.24) is 0 Å². The topological polar surface area (TPSA) is 112 Å². The number of furan rings is 1. The average molecular weight is 483 g/mol. The lowest BCUT2D eigenvalue weighted by molar-refractivity contribution is -0.116. The zero-order valence-electron chi connectivity index (χ0n) is 19.5. The number of carbonyl (C=O) groups is 3. The van der Waals surface area contributed by atoms with E-state index in [4.69, 9.17) is 4.42 Å². The molecule has 3 amide bonds. The first-order valence-corrected chi connectivity index (χ1v) is 11.5. The molecule has 4 rings (SSSR count). The molecule has 0 atom stereocenters. The molecule has 1 heterocycles. The molecule has 0 aliphatic carbocycles. The Morgan fingerprint density at radius 3 is 1.97 bits per heavy atom. The average Bonchev–Trinajstić information content (AvgIpc) is 3.43. The van der Waals surface area contributed by atoms with Crippen molar-refractivity contribution < 1.29 is 18.8 Å². The van der Waals surface area contributed by atoms with Crippen LogP contribution in [0.3, 0.4) is 0 Å². The summed E-state index contributed by atoms with van der Waals surface area (Å²) in [7, 11) is 0. The molecule has 1 aromatic heterocycles. The van der Waals surface area contributed by atoms with Gasteiger partial charge in [0.15, 0.2) is 5.76 Å². The fourth-order valence-corrected chi connectivity index (χ4v) is 3.50. The predicted molar refractivity (Wildman–Crippen MR) is 140 cm³/mol. The summed E-state index contributed by atoms with van der Waals surface area (Å²) in [6.07, 6.45) is 2.45.